The van der Waals surface area contributed by atoms with Crippen LogP contribution in [0.4, 0.5) is 4.39 Å². The Morgan fingerprint density at radius 1 is 1.29 bits per heavy atom. The zero-order valence-corrected chi connectivity index (χ0v) is 14.4. The lowest BCUT2D eigenvalue weighted by Gasteiger charge is -2.18. The highest BCUT2D eigenvalue weighted by Crippen LogP contribution is 2.19. The van der Waals surface area contributed by atoms with Crippen molar-refractivity contribution in [1.29, 1.82) is 0 Å². The Hall–Kier alpha value is -2.15. The number of rotatable bonds is 7. The Labute approximate surface area is 144 Å². The van der Waals surface area contributed by atoms with Gasteiger partial charge in [0.05, 0.1) is 12.1 Å². The lowest BCUT2D eigenvalue weighted by atomic mass is 10.0. The summed E-state index contributed by atoms with van der Waals surface area (Å²) in [5.41, 5.74) is -0.446. The number of carbonyl (C=O) groups is 3. The van der Waals surface area contributed by atoms with Gasteiger partial charge in [-0.25, -0.2) is 14.0 Å². The van der Waals surface area contributed by atoms with Crippen LogP contribution in [0.5, 0.6) is 0 Å². The third-order valence-corrected chi connectivity index (χ3v) is 3.34. The van der Waals surface area contributed by atoms with Gasteiger partial charge in [0.2, 0.25) is 0 Å². The van der Waals surface area contributed by atoms with Gasteiger partial charge in [-0.05, 0) is 24.5 Å². The minimum atomic E-state index is -1.06. The van der Waals surface area contributed by atoms with Crippen molar-refractivity contribution >= 4 is 29.4 Å². The van der Waals surface area contributed by atoms with Crippen molar-refractivity contribution < 1.29 is 28.2 Å². The van der Waals surface area contributed by atoms with E-state index in [2.05, 4.69) is 10.1 Å². The van der Waals surface area contributed by atoms with Gasteiger partial charge in [0.15, 0.2) is 6.61 Å². The molecule has 0 aliphatic carbocycles. The number of hydrogen-bond donors (Lipinski definition) is 1. The van der Waals surface area contributed by atoms with E-state index in [1.807, 2.05) is 13.8 Å². The van der Waals surface area contributed by atoms with Crippen LogP contribution in [0.3, 0.4) is 0 Å². The van der Waals surface area contributed by atoms with Gasteiger partial charge < -0.3 is 14.8 Å². The number of benzene rings is 1. The van der Waals surface area contributed by atoms with Crippen LogP contribution in [0.1, 0.15) is 30.6 Å². The first-order valence-corrected chi connectivity index (χ1v) is 7.62. The molecule has 132 valence electrons. The molecule has 0 bridgehead atoms. The largest absolute Gasteiger partial charge is 0.467 e. The normalized spacial score (nSPS) is 11.8. The van der Waals surface area contributed by atoms with Crippen LogP contribution in [0.25, 0.3) is 0 Å². The van der Waals surface area contributed by atoms with E-state index in [9.17, 15) is 18.8 Å². The summed E-state index contributed by atoms with van der Waals surface area (Å²) in [6.45, 7) is 3.08. The van der Waals surface area contributed by atoms with Gasteiger partial charge in [-0.1, -0.05) is 31.5 Å². The fourth-order valence-electron chi connectivity index (χ4n) is 1.96. The maximum absolute atomic E-state index is 13.6. The second-order valence-electron chi connectivity index (χ2n) is 5.45. The molecule has 0 fully saturated rings. The Morgan fingerprint density at radius 3 is 2.50 bits per heavy atom. The summed E-state index contributed by atoms with van der Waals surface area (Å²) in [5, 5.41) is 2.30. The number of nitrogens with one attached hydrogen (secondary N) is 1. The van der Waals surface area contributed by atoms with Crippen LogP contribution in [0.15, 0.2) is 18.2 Å². The summed E-state index contributed by atoms with van der Waals surface area (Å²) in [4.78, 5) is 35.3. The van der Waals surface area contributed by atoms with E-state index >= 15 is 0 Å². The van der Waals surface area contributed by atoms with Gasteiger partial charge in [-0.2, -0.15) is 0 Å². The molecule has 24 heavy (non-hydrogen) atoms. The number of hydrogen-bond acceptors (Lipinski definition) is 5. The average Bonchev–Trinajstić information content (AvgIpc) is 2.50. The molecule has 0 aliphatic rings. The standard InChI is InChI=1S/C16H19ClFNO5/c1-9(2)7-12(15(21)23-3)19-13(20)8-24-16(22)14-10(17)5-4-6-11(14)18/h4-6,9,12H,7-8H2,1-3H3,(H,19,20). The van der Waals surface area contributed by atoms with Crippen molar-refractivity contribution in [1.82, 2.24) is 5.32 Å². The van der Waals surface area contributed by atoms with E-state index < -0.39 is 41.9 Å². The molecule has 1 aromatic carbocycles. The lowest BCUT2D eigenvalue weighted by molar-refractivity contribution is -0.145. The second kappa shape index (κ2) is 9.22. The van der Waals surface area contributed by atoms with E-state index in [0.29, 0.717) is 6.42 Å². The SMILES string of the molecule is COC(=O)C(CC(C)C)NC(=O)COC(=O)c1c(F)cccc1Cl. The molecule has 0 aliphatic heterocycles. The minimum absolute atomic E-state index is 0.118. The topological polar surface area (TPSA) is 81.7 Å². The third-order valence-electron chi connectivity index (χ3n) is 3.03. The molecular formula is C16H19ClFNO5. The summed E-state index contributed by atoms with van der Waals surface area (Å²) in [7, 11) is 1.21. The number of ether oxygens (including phenoxy) is 2. The van der Waals surface area contributed by atoms with Crippen molar-refractivity contribution in [3.05, 3.63) is 34.6 Å². The van der Waals surface area contributed by atoms with E-state index in [0.717, 1.165) is 6.07 Å². The second-order valence-corrected chi connectivity index (χ2v) is 5.85. The molecule has 1 aromatic rings. The number of halogens is 2. The van der Waals surface area contributed by atoms with Crippen molar-refractivity contribution in [2.24, 2.45) is 5.92 Å². The first-order chi connectivity index (χ1) is 11.3. The monoisotopic (exact) mass is 359 g/mol. The Morgan fingerprint density at radius 2 is 1.96 bits per heavy atom. The number of carbonyl (C=O) groups excluding carboxylic acids is 3. The molecule has 0 spiro atoms. The van der Waals surface area contributed by atoms with Crippen molar-refractivity contribution in [2.75, 3.05) is 13.7 Å². The quantitative estimate of drug-likeness (QED) is 0.756. The van der Waals surface area contributed by atoms with Crippen LogP contribution >= 0.6 is 11.6 Å². The molecule has 1 atom stereocenters. The number of methoxy groups -OCH3 is 1. The summed E-state index contributed by atoms with van der Waals surface area (Å²) >= 11 is 5.74. The molecule has 6 nitrogen and oxygen atoms in total. The predicted octanol–water partition coefficient (Wildman–Crippen LogP) is 2.34. The molecule has 1 rings (SSSR count). The van der Waals surface area contributed by atoms with E-state index in [4.69, 9.17) is 16.3 Å². The van der Waals surface area contributed by atoms with Gasteiger partial charge in [0.1, 0.15) is 17.4 Å². The minimum Gasteiger partial charge on any atom is -0.467 e. The molecule has 0 radical (unpaired) electrons. The Balaban J connectivity index is 2.64. The van der Waals surface area contributed by atoms with Crippen LogP contribution in [0.2, 0.25) is 5.02 Å². The van der Waals surface area contributed by atoms with E-state index in [1.54, 1.807) is 0 Å². The molecule has 0 saturated carbocycles. The molecule has 0 aromatic heterocycles. The number of amides is 1. The molecule has 0 saturated heterocycles. The maximum Gasteiger partial charge on any atom is 0.343 e. The van der Waals surface area contributed by atoms with Gasteiger partial charge in [-0.15, -0.1) is 0 Å². The van der Waals surface area contributed by atoms with E-state index in [-0.39, 0.29) is 10.9 Å². The highest BCUT2D eigenvalue weighted by molar-refractivity contribution is 6.33. The molecule has 0 heterocycles. The van der Waals surface area contributed by atoms with Crippen LogP contribution in [0, 0.1) is 11.7 Å². The van der Waals surface area contributed by atoms with Gasteiger partial charge >= 0.3 is 11.9 Å². The van der Waals surface area contributed by atoms with Gasteiger partial charge in [0.25, 0.3) is 5.91 Å². The summed E-state index contributed by atoms with van der Waals surface area (Å²) in [5.74, 6) is -3.08. The summed E-state index contributed by atoms with van der Waals surface area (Å²) in [6, 6.07) is 2.88. The van der Waals surface area contributed by atoms with Crippen LogP contribution < -0.4 is 5.32 Å². The van der Waals surface area contributed by atoms with Crippen molar-refractivity contribution in [3.63, 3.8) is 0 Å². The predicted molar refractivity (Wildman–Crippen MR) is 85.1 cm³/mol. The third kappa shape index (κ3) is 5.81. The maximum atomic E-state index is 13.6. The molecule has 1 amide bonds. The Bertz CT molecular complexity index is 600. The van der Waals surface area contributed by atoms with Crippen molar-refractivity contribution in [2.45, 2.75) is 26.3 Å². The van der Waals surface area contributed by atoms with Crippen molar-refractivity contribution in [3.8, 4) is 0 Å². The van der Waals surface area contributed by atoms with Crippen LogP contribution in [-0.4, -0.2) is 37.6 Å². The van der Waals surface area contributed by atoms with E-state index in [1.165, 1.54) is 19.2 Å². The molecule has 1 N–H and O–H groups in total. The highest BCUT2D eigenvalue weighted by Gasteiger charge is 2.24. The fraction of sp³-hybridized carbons (Fsp3) is 0.438. The highest BCUT2D eigenvalue weighted by atomic mass is 35.5. The van der Waals surface area contributed by atoms with Gasteiger partial charge in [-0.3, -0.25) is 4.79 Å². The fourth-order valence-corrected chi connectivity index (χ4v) is 2.20. The van der Waals surface area contributed by atoms with Crippen LogP contribution in [-0.2, 0) is 19.1 Å². The summed E-state index contributed by atoms with van der Waals surface area (Å²) < 4.78 is 22.9. The lowest BCUT2D eigenvalue weighted by Crippen LogP contribution is -2.44. The zero-order valence-electron chi connectivity index (χ0n) is 13.6. The number of esters is 2. The average molecular weight is 360 g/mol. The smallest absolute Gasteiger partial charge is 0.343 e. The molecule has 1 unspecified atom stereocenters. The zero-order chi connectivity index (χ0) is 18.3. The first-order valence-electron chi connectivity index (χ1n) is 7.24. The molecular weight excluding hydrogens is 341 g/mol. The van der Waals surface area contributed by atoms with Gasteiger partial charge in [0, 0.05) is 0 Å². The first kappa shape index (κ1) is 19.9. The molecule has 8 heteroatoms. The summed E-state index contributed by atoms with van der Waals surface area (Å²) in [6.07, 6.45) is 0.367. The Kier molecular flexibility index (Phi) is 7.64.